The summed E-state index contributed by atoms with van der Waals surface area (Å²) >= 11 is 0. The van der Waals surface area contributed by atoms with Crippen LogP contribution in [0.5, 0.6) is 0 Å². The van der Waals surface area contributed by atoms with E-state index < -0.39 is 12.0 Å². The molecule has 0 aliphatic carbocycles. The average Bonchev–Trinajstić information content (AvgIpc) is 2.82. The van der Waals surface area contributed by atoms with Crippen molar-refractivity contribution in [2.75, 3.05) is 0 Å². The molecule has 1 unspecified atom stereocenters. The van der Waals surface area contributed by atoms with Crippen molar-refractivity contribution in [2.24, 2.45) is 0 Å². The Bertz CT molecular complexity index is 480. The van der Waals surface area contributed by atoms with Crippen molar-refractivity contribution in [3.63, 3.8) is 0 Å². The van der Waals surface area contributed by atoms with E-state index in [9.17, 15) is 9.59 Å². The molecule has 1 amide bonds. The Hall–Kier alpha value is -1.85. The van der Waals surface area contributed by atoms with Crippen molar-refractivity contribution in [1.29, 1.82) is 0 Å². The average molecular weight is 281 g/mol. The number of carbonyl (C=O) groups is 2. The lowest BCUT2D eigenvalue weighted by molar-refractivity contribution is -0.139. The SMILES string of the molecule is CCCC(NC(=O)c1cc(C(C)C)nn1CC)C(=O)O. The first-order valence-corrected chi connectivity index (χ1v) is 7.02. The highest BCUT2D eigenvalue weighted by Crippen LogP contribution is 2.15. The van der Waals surface area contributed by atoms with Gasteiger partial charge in [-0.05, 0) is 25.3 Å². The van der Waals surface area contributed by atoms with E-state index in [0.717, 1.165) is 5.69 Å². The third kappa shape index (κ3) is 3.82. The van der Waals surface area contributed by atoms with Crippen LogP contribution in [-0.2, 0) is 11.3 Å². The van der Waals surface area contributed by atoms with Crippen LogP contribution in [-0.4, -0.2) is 32.8 Å². The lowest BCUT2D eigenvalue weighted by atomic mass is 10.1. The first kappa shape index (κ1) is 16.2. The van der Waals surface area contributed by atoms with Gasteiger partial charge in [-0.15, -0.1) is 0 Å². The fraction of sp³-hybridized carbons (Fsp3) is 0.643. The van der Waals surface area contributed by atoms with Crippen molar-refractivity contribution in [1.82, 2.24) is 15.1 Å². The number of carboxylic acid groups (broad SMARTS) is 1. The second-order valence-corrected chi connectivity index (χ2v) is 5.08. The molecule has 112 valence electrons. The molecule has 1 rings (SSSR count). The molecular weight excluding hydrogens is 258 g/mol. The van der Waals surface area contributed by atoms with Gasteiger partial charge in [-0.3, -0.25) is 9.48 Å². The molecule has 2 N–H and O–H groups in total. The van der Waals surface area contributed by atoms with Gasteiger partial charge in [0.2, 0.25) is 0 Å². The van der Waals surface area contributed by atoms with Crippen molar-refractivity contribution in [3.8, 4) is 0 Å². The number of aryl methyl sites for hydroxylation is 1. The molecule has 1 aromatic rings. The van der Waals surface area contributed by atoms with Crippen molar-refractivity contribution in [2.45, 2.75) is 59.0 Å². The molecule has 6 nitrogen and oxygen atoms in total. The summed E-state index contributed by atoms with van der Waals surface area (Å²) in [5, 5.41) is 16.0. The van der Waals surface area contributed by atoms with Gasteiger partial charge in [0.25, 0.3) is 5.91 Å². The van der Waals surface area contributed by atoms with Crippen LogP contribution in [0, 0.1) is 0 Å². The van der Waals surface area contributed by atoms with E-state index in [1.807, 2.05) is 27.7 Å². The Kier molecular flexibility index (Phi) is 5.73. The number of aromatic nitrogens is 2. The smallest absolute Gasteiger partial charge is 0.326 e. The lowest BCUT2D eigenvalue weighted by Gasteiger charge is -2.13. The van der Waals surface area contributed by atoms with Crippen LogP contribution in [0.3, 0.4) is 0 Å². The zero-order chi connectivity index (χ0) is 15.3. The molecule has 6 heteroatoms. The number of nitrogens with one attached hydrogen (secondary N) is 1. The highest BCUT2D eigenvalue weighted by Gasteiger charge is 2.22. The number of hydrogen-bond donors (Lipinski definition) is 2. The summed E-state index contributed by atoms with van der Waals surface area (Å²) in [4.78, 5) is 23.3. The van der Waals surface area contributed by atoms with Crippen molar-refractivity contribution >= 4 is 11.9 Å². The summed E-state index contributed by atoms with van der Waals surface area (Å²) in [6.45, 7) is 8.35. The molecule has 0 radical (unpaired) electrons. The molecule has 1 aromatic heterocycles. The van der Waals surface area contributed by atoms with Gasteiger partial charge in [0.05, 0.1) is 5.69 Å². The van der Waals surface area contributed by atoms with Crippen LogP contribution in [0.4, 0.5) is 0 Å². The Labute approximate surface area is 119 Å². The Morgan fingerprint density at radius 2 is 2.05 bits per heavy atom. The largest absolute Gasteiger partial charge is 0.480 e. The molecule has 0 spiro atoms. The summed E-state index contributed by atoms with van der Waals surface area (Å²) in [6, 6.07) is 0.879. The lowest BCUT2D eigenvalue weighted by Crippen LogP contribution is -2.41. The fourth-order valence-corrected chi connectivity index (χ4v) is 1.92. The zero-order valence-corrected chi connectivity index (χ0v) is 12.5. The van der Waals surface area contributed by atoms with E-state index in [0.29, 0.717) is 25.1 Å². The van der Waals surface area contributed by atoms with Crippen molar-refractivity contribution < 1.29 is 14.7 Å². The molecule has 0 bridgehead atoms. The third-order valence-corrected chi connectivity index (χ3v) is 3.10. The van der Waals surface area contributed by atoms with Crippen molar-refractivity contribution in [3.05, 3.63) is 17.5 Å². The van der Waals surface area contributed by atoms with Crippen LogP contribution in [0.1, 0.15) is 62.6 Å². The molecule has 0 aliphatic rings. The highest BCUT2D eigenvalue weighted by atomic mass is 16.4. The van der Waals surface area contributed by atoms with Gasteiger partial charge < -0.3 is 10.4 Å². The van der Waals surface area contributed by atoms with E-state index in [1.165, 1.54) is 0 Å². The van der Waals surface area contributed by atoms with Gasteiger partial charge in [0, 0.05) is 6.54 Å². The molecule has 0 aromatic carbocycles. The minimum atomic E-state index is -1.01. The summed E-state index contributed by atoms with van der Waals surface area (Å²) in [5.74, 6) is -1.17. The number of rotatable bonds is 7. The van der Waals surface area contributed by atoms with Gasteiger partial charge in [-0.25, -0.2) is 4.79 Å². The number of carbonyl (C=O) groups excluding carboxylic acids is 1. The maximum absolute atomic E-state index is 12.2. The maximum Gasteiger partial charge on any atom is 0.326 e. The molecular formula is C14H23N3O3. The first-order valence-electron chi connectivity index (χ1n) is 7.02. The van der Waals surface area contributed by atoms with Gasteiger partial charge >= 0.3 is 5.97 Å². The predicted octanol–water partition coefficient (Wildman–Crippen LogP) is 2.01. The molecule has 0 saturated heterocycles. The summed E-state index contributed by atoms with van der Waals surface area (Å²) in [6.07, 6.45) is 1.11. The van der Waals surface area contributed by atoms with Crippen LogP contribution in [0.25, 0.3) is 0 Å². The van der Waals surface area contributed by atoms with E-state index >= 15 is 0 Å². The highest BCUT2D eigenvalue weighted by molar-refractivity contribution is 5.95. The van der Waals surface area contributed by atoms with Gasteiger partial charge in [-0.2, -0.15) is 5.10 Å². The number of amides is 1. The van der Waals surface area contributed by atoms with Crippen LogP contribution in [0.2, 0.25) is 0 Å². The molecule has 0 saturated carbocycles. The maximum atomic E-state index is 12.2. The van der Waals surface area contributed by atoms with E-state index in [1.54, 1.807) is 10.7 Å². The quantitative estimate of drug-likeness (QED) is 0.800. The Morgan fingerprint density at radius 1 is 1.40 bits per heavy atom. The van der Waals surface area contributed by atoms with Gasteiger partial charge in [0.15, 0.2) is 0 Å². The second-order valence-electron chi connectivity index (χ2n) is 5.08. The summed E-state index contributed by atoms with van der Waals surface area (Å²) < 4.78 is 1.61. The monoisotopic (exact) mass is 281 g/mol. The number of carboxylic acids is 1. The van der Waals surface area contributed by atoms with Crippen LogP contribution in [0.15, 0.2) is 6.07 Å². The molecule has 1 atom stereocenters. The third-order valence-electron chi connectivity index (χ3n) is 3.10. The van der Waals surface area contributed by atoms with Crippen LogP contribution < -0.4 is 5.32 Å². The summed E-state index contributed by atoms with van der Waals surface area (Å²) in [7, 11) is 0. The number of aliphatic carboxylic acids is 1. The second kappa shape index (κ2) is 7.07. The number of hydrogen-bond acceptors (Lipinski definition) is 3. The Morgan fingerprint density at radius 3 is 2.50 bits per heavy atom. The Balaban J connectivity index is 2.93. The minimum Gasteiger partial charge on any atom is -0.480 e. The molecule has 20 heavy (non-hydrogen) atoms. The topological polar surface area (TPSA) is 84.2 Å². The van der Waals surface area contributed by atoms with E-state index in [4.69, 9.17) is 5.11 Å². The molecule has 0 aliphatic heterocycles. The van der Waals surface area contributed by atoms with Gasteiger partial charge in [0.1, 0.15) is 11.7 Å². The zero-order valence-electron chi connectivity index (χ0n) is 12.5. The van der Waals surface area contributed by atoms with Gasteiger partial charge in [-0.1, -0.05) is 27.2 Å². The fourth-order valence-electron chi connectivity index (χ4n) is 1.92. The predicted molar refractivity (Wildman–Crippen MR) is 75.8 cm³/mol. The normalized spacial score (nSPS) is 12.4. The standard InChI is InChI=1S/C14H23N3O3/c1-5-7-10(14(19)20)15-13(18)12-8-11(9(3)4)16-17(12)6-2/h8-10H,5-7H2,1-4H3,(H,15,18)(H,19,20). The molecule has 0 fully saturated rings. The first-order chi connectivity index (χ1) is 9.40. The molecule has 1 heterocycles. The number of nitrogens with zero attached hydrogens (tertiary/aromatic N) is 2. The van der Waals surface area contributed by atoms with E-state index in [-0.39, 0.29) is 11.8 Å². The van der Waals surface area contributed by atoms with E-state index in [2.05, 4.69) is 10.4 Å². The summed E-state index contributed by atoms with van der Waals surface area (Å²) in [5.41, 5.74) is 1.25. The minimum absolute atomic E-state index is 0.222. The van der Waals surface area contributed by atoms with Crippen LogP contribution >= 0.6 is 0 Å².